The minimum atomic E-state index is -0.896. The van der Waals surface area contributed by atoms with Crippen LogP contribution in [-0.4, -0.2) is 31.7 Å². The summed E-state index contributed by atoms with van der Waals surface area (Å²) in [4.78, 5) is 24.2. The van der Waals surface area contributed by atoms with Crippen LogP contribution in [0.3, 0.4) is 0 Å². The molecule has 2 aromatic carbocycles. The maximum atomic E-state index is 12.1. The summed E-state index contributed by atoms with van der Waals surface area (Å²) in [7, 11) is 1.57. The fraction of sp³-hybridized carbons (Fsp3) is 0.304. The van der Waals surface area contributed by atoms with Gasteiger partial charge in [0.2, 0.25) is 0 Å². The number of hydrogen-bond acceptors (Lipinski definition) is 5. The van der Waals surface area contributed by atoms with Gasteiger partial charge in [0.25, 0.3) is 5.91 Å². The molecule has 2 aromatic rings. The Hall–Kier alpha value is -3.28. The first-order chi connectivity index (χ1) is 13.9. The van der Waals surface area contributed by atoms with Gasteiger partial charge in [0, 0.05) is 12.6 Å². The lowest BCUT2D eigenvalue weighted by Gasteiger charge is -2.12. The third-order valence-corrected chi connectivity index (χ3v) is 4.15. The number of rotatable bonds is 9. The van der Waals surface area contributed by atoms with E-state index in [0.29, 0.717) is 24.7 Å². The standard InChI is InChI=1S/C23H27NO5/c1-5-28-21-14-18(10-12-20(21)27-4)11-13-22(25)29-17(3)23(26)24-15-19-8-6-16(2)7-9-19/h6-14,17H,5,15H2,1-4H3,(H,24,26)/b13-11+/t17-/m1/s1. The summed E-state index contributed by atoms with van der Waals surface area (Å²) >= 11 is 0. The molecule has 0 fully saturated rings. The van der Waals surface area contributed by atoms with Crippen molar-refractivity contribution >= 4 is 18.0 Å². The van der Waals surface area contributed by atoms with E-state index in [1.807, 2.05) is 38.1 Å². The van der Waals surface area contributed by atoms with Crippen molar-refractivity contribution in [2.24, 2.45) is 0 Å². The number of benzene rings is 2. The molecule has 0 bridgehead atoms. The van der Waals surface area contributed by atoms with Crippen LogP contribution in [0, 0.1) is 6.92 Å². The second-order valence-electron chi connectivity index (χ2n) is 6.46. The Balaban J connectivity index is 1.87. The first-order valence-corrected chi connectivity index (χ1v) is 9.45. The second kappa shape index (κ2) is 10.9. The zero-order valence-corrected chi connectivity index (χ0v) is 17.2. The first kappa shape index (κ1) is 22.0. The average molecular weight is 397 g/mol. The highest BCUT2D eigenvalue weighted by atomic mass is 16.5. The number of methoxy groups -OCH3 is 1. The third kappa shape index (κ3) is 6.99. The molecule has 0 spiro atoms. The Morgan fingerprint density at radius 2 is 1.83 bits per heavy atom. The number of hydrogen-bond donors (Lipinski definition) is 1. The van der Waals surface area contributed by atoms with Crippen molar-refractivity contribution in [3.8, 4) is 11.5 Å². The number of esters is 1. The lowest BCUT2D eigenvalue weighted by Crippen LogP contribution is -2.35. The molecular weight excluding hydrogens is 370 g/mol. The minimum absolute atomic E-state index is 0.351. The molecule has 1 amide bonds. The lowest BCUT2D eigenvalue weighted by atomic mass is 10.1. The maximum Gasteiger partial charge on any atom is 0.331 e. The average Bonchev–Trinajstić information content (AvgIpc) is 2.72. The molecule has 1 N–H and O–H groups in total. The highest BCUT2D eigenvalue weighted by Crippen LogP contribution is 2.28. The van der Waals surface area contributed by atoms with Gasteiger partial charge in [-0.25, -0.2) is 4.79 Å². The minimum Gasteiger partial charge on any atom is -0.493 e. The highest BCUT2D eigenvalue weighted by molar-refractivity contribution is 5.90. The molecule has 6 nitrogen and oxygen atoms in total. The number of ether oxygens (including phenoxy) is 3. The molecule has 154 valence electrons. The van der Waals surface area contributed by atoms with E-state index in [-0.39, 0.29) is 5.91 Å². The molecule has 0 heterocycles. The molecule has 0 aliphatic carbocycles. The maximum absolute atomic E-state index is 12.1. The summed E-state index contributed by atoms with van der Waals surface area (Å²) in [6.07, 6.45) is 1.98. The van der Waals surface area contributed by atoms with Gasteiger partial charge in [0.15, 0.2) is 17.6 Å². The molecule has 2 rings (SSSR count). The van der Waals surface area contributed by atoms with E-state index < -0.39 is 12.1 Å². The summed E-state index contributed by atoms with van der Waals surface area (Å²) < 4.78 is 15.9. The summed E-state index contributed by atoms with van der Waals surface area (Å²) in [5.74, 6) is 0.256. The topological polar surface area (TPSA) is 73.9 Å². The normalized spacial score (nSPS) is 11.7. The van der Waals surface area contributed by atoms with Crippen LogP contribution in [0.1, 0.15) is 30.5 Å². The predicted octanol–water partition coefficient (Wildman–Crippen LogP) is 3.66. The Kier molecular flexibility index (Phi) is 8.27. The van der Waals surface area contributed by atoms with Crippen LogP contribution < -0.4 is 14.8 Å². The summed E-state index contributed by atoms with van der Waals surface area (Å²) in [6, 6.07) is 13.2. The molecule has 0 aromatic heterocycles. The lowest BCUT2D eigenvalue weighted by molar-refractivity contribution is -0.150. The van der Waals surface area contributed by atoms with E-state index in [0.717, 1.165) is 16.7 Å². The smallest absolute Gasteiger partial charge is 0.331 e. The van der Waals surface area contributed by atoms with Crippen molar-refractivity contribution in [3.05, 3.63) is 65.2 Å². The van der Waals surface area contributed by atoms with Crippen LogP contribution in [0.15, 0.2) is 48.5 Å². The van der Waals surface area contributed by atoms with E-state index in [1.54, 1.807) is 31.4 Å². The first-order valence-electron chi connectivity index (χ1n) is 9.45. The van der Waals surface area contributed by atoms with Crippen molar-refractivity contribution in [2.45, 2.75) is 33.4 Å². The van der Waals surface area contributed by atoms with E-state index >= 15 is 0 Å². The number of carbonyl (C=O) groups excluding carboxylic acids is 2. The molecule has 0 saturated heterocycles. The van der Waals surface area contributed by atoms with Crippen LogP contribution in [0.4, 0.5) is 0 Å². The summed E-state index contributed by atoms with van der Waals surface area (Å²) in [5, 5.41) is 2.76. The molecule has 0 unspecified atom stereocenters. The predicted molar refractivity (Wildman–Crippen MR) is 112 cm³/mol. The van der Waals surface area contributed by atoms with E-state index in [4.69, 9.17) is 14.2 Å². The van der Waals surface area contributed by atoms with Gasteiger partial charge in [-0.2, -0.15) is 0 Å². The van der Waals surface area contributed by atoms with Crippen LogP contribution in [0.5, 0.6) is 11.5 Å². The van der Waals surface area contributed by atoms with Crippen molar-refractivity contribution in [1.29, 1.82) is 0 Å². The van der Waals surface area contributed by atoms with Gasteiger partial charge in [0.05, 0.1) is 13.7 Å². The fourth-order valence-corrected chi connectivity index (χ4v) is 2.54. The van der Waals surface area contributed by atoms with Gasteiger partial charge in [-0.3, -0.25) is 4.79 Å². The van der Waals surface area contributed by atoms with E-state index in [1.165, 1.54) is 13.0 Å². The fourth-order valence-electron chi connectivity index (χ4n) is 2.54. The van der Waals surface area contributed by atoms with Gasteiger partial charge in [-0.15, -0.1) is 0 Å². The zero-order valence-electron chi connectivity index (χ0n) is 17.2. The van der Waals surface area contributed by atoms with Crippen LogP contribution >= 0.6 is 0 Å². The van der Waals surface area contributed by atoms with Crippen molar-refractivity contribution in [3.63, 3.8) is 0 Å². The number of carbonyl (C=O) groups is 2. The molecule has 0 radical (unpaired) electrons. The Labute approximate surface area is 171 Å². The van der Waals surface area contributed by atoms with Crippen LogP contribution in [0.2, 0.25) is 0 Å². The molecule has 1 atom stereocenters. The van der Waals surface area contributed by atoms with Crippen LogP contribution in [-0.2, 0) is 20.9 Å². The SMILES string of the molecule is CCOc1cc(/C=C/C(=O)O[C@H](C)C(=O)NCc2ccc(C)cc2)ccc1OC. The summed E-state index contributed by atoms with van der Waals surface area (Å²) in [5.41, 5.74) is 2.88. The number of aryl methyl sites for hydroxylation is 1. The molecule has 29 heavy (non-hydrogen) atoms. The monoisotopic (exact) mass is 397 g/mol. The summed E-state index contributed by atoms with van der Waals surface area (Å²) in [6.45, 7) is 6.30. The molecular formula is C23H27NO5. The zero-order chi connectivity index (χ0) is 21.2. The van der Waals surface area contributed by atoms with Gasteiger partial charge in [-0.05, 0) is 50.1 Å². The van der Waals surface area contributed by atoms with E-state index in [2.05, 4.69) is 5.32 Å². The van der Waals surface area contributed by atoms with Gasteiger partial charge < -0.3 is 19.5 Å². The Morgan fingerprint density at radius 1 is 1.10 bits per heavy atom. The molecule has 0 aliphatic heterocycles. The van der Waals surface area contributed by atoms with Crippen molar-refractivity contribution in [1.82, 2.24) is 5.32 Å². The second-order valence-corrected chi connectivity index (χ2v) is 6.46. The van der Waals surface area contributed by atoms with E-state index in [9.17, 15) is 9.59 Å². The molecule has 6 heteroatoms. The van der Waals surface area contributed by atoms with Crippen molar-refractivity contribution in [2.75, 3.05) is 13.7 Å². The number of amides is 1. The van der Waals surface area contributed by atoms with Gasteiger partial charge in [-0.1, -0.05) is 35.9 Å². The molecule has 0 saturated carbocycles. The van der Waals surface area contributed by atoms with Crippen LogP contribution in [0.25, 0.3) is 6.08 Å². The quantitative estimate of drug-likeness (QED) is 0.516. The number of nitrogens with one attached hydrogen (secondary N) is 1. The third-order valence-electron chi connectivity index (χ3n) is 4.15. The van der Waals surface area contributed by atoms with Gasteiger partial charge >= 0.3 is 5.97 Å². The Morgan fingerprint density at radius 3 is 2.48 bits per heavy atom. The largest absolute Gasteiger partial charge is 0.493 e. The van der Waals surface area contributed by atoms with Crippen molar-refractivity contribution < 1.29 is 23.8 Å². The highest BCUT2D eigenvalue weighted by Gasteiger charge is 2.16. The van der Waals surface area contributed by atoms with Gasteiger partial charge in [0.1, 0.15) is 0 Å². The Bertz CT molecular complexity index is 858. The molecule has 0 aliphatic rings.